The number of pyridine rings is 2. The molecule has 39 heavy (non-hydrogen) atoms. The fourth-order valence-electron chi connectivity index (χ4n) is 5.45. The van der Waals surface area contributed by atoms with Crippen LogP contribution in [0.4, 0.5) is 10.2 Å². The number of β-lactam (4-membered cyclic amide) rings is 1. The van der Waals surface area contributed by atoms with Gasteiger partial charge in [-0.1, -0.05) is 0 Å². The maximum atomic E-state index is 15.2. The number of rotatable bonds is 6. The van der Waals surface area contributed by atoms with E-state index >= 15 is 4.39 Å². The second-order valence-corrected chi connectivity index (χ2v) is 12.1. The molecular formula is C25H29FN6O6S. The third-order valence-electron chi connectivity index (χ3n) is 7.42. The van der Waals surface area contributed by atoms with Crippen LogP contribution >= 0.6 is 11.8 Å². The van der Waals surface area contributed by atoms with Gasteiger partial charge in [0.2, 0.25) is 5.43 Å². The zero-order valence-corrected chi connectivity index (χ0v) is 22.5. The van der Waals surface area contributed by atoms with E-state index in [1.165, 1.54) is 27.4 Å². The van der Waals surface area contributed by atoms with Crippen molar-refractivity contribution in [1.29, 1.82) is 0 Å². The molecule has 14 heteroatoms. The Hall–Kier alpha value is -3.68. The fraction of sp³-hybridized carbons (Fsp3) is 0.520. The molecule has 0 aromatic carbocycles. The Morgan fingerprint density at radius 1 is 1.23 bits per heavy atom. The number of aromatic carboxylic acids is 1. The number of hydrogen-bond acceptors (Lipinski definition) is 8. The number of carboxylic acids is 2. The van der Waals surface area contributed by atoms with Gasteiger partial charge in [0.25, 0.3) is 5.91 Å². The highest BCUT2D eigenvalue weighted by atomic mass is 32.2. The summed E-state index contributed by atoms with van der Waals surface area (Å²) < 4.78 is 16.1. The highest BCUT2D eigenvalue weighted by Gasteiger charge is 2.63. The first-order valence-corrected chi connectivity index (χ1v) is 13.5. The van der Waals surface area contributed by atoms with Crippen LogP contribution in [0.2, 0.25) is 0 Å². The van der Waals surface area contributed by atoms with Crippen LogP contribution in [0.15, 0.2) is 22.1 Å². The summed E-state index contributed by atoms with van der Waals surface area (Å²) in [5, 5.41) is 18.5. The van der Waals surface area contributed by atoms with Gasteiger partial charge < -0.3 is 29.5 Å². The van der Waals surface area contributed by atoms with Crippen molar-refractivity contribution in [3.8, 4) is 0 Å². The number of carboxylic acid groups (broad SMARTS) is 2. The zero-order chi connectivity index (χ0) is 28.2. The van der Waals surface area contributed by atoms with Gasteiger partial charge in [-0.05, 0) is 33.3 Å². The molecule has 0 radical (unpaired) electrons. The van der Waals surface area contributed by atoms with Crippen LogP contribution in [0.1, 0.15) is 37.6 Å². The summed E-state index contributed by atoms with van der Waals surface area (Å²) in [5.74, 6) is -3.32. The van der Waals surface area contributed by atoms with Gasteiger partial charge in [-0.2, -0.15) is 0 Å². The molecule has 5 rings (SSSR count). The Kier molecular flexibility index (Phi) is 6.77. The smallest absolute Gasteiger partial charge is 0.341 e. The molecule has 5 heterocycles. The maximum Gasteiger partial charge on any atom is 0.341 e. The van der Waals surface area contributed by atoms with Crippen LogP contribution in [0, 0.1) is 5.82 Å². The maximum absolute atomic E-state index is 15.2. The fourth-order valence-corrected chi connectivity index (χ4v) is 7.07. The first-order valence-electron chi connectivity index (χ1n) is 12.7. The molecule has 0 saturated carbocycles. The lowest BCUT2D eigenvalue weighted by atomic mass is 9.96. The summed E-state index contributed by atoms with van der Waals surface area (Å²) >= 11 is 1.44. The first kappa shape index (κ1) is 26.9. The Labute approximate surface area is 227 Å². The predicted octanol–water partition coefficient (Wildman–Crippen LogP) is 1.31. The van der Waals surface area contributed by atoms with Crippen molar-refractivity contribution in [2.24, 2.45) is 4.99 Å². The Balaban J connectivity index is 1.32. The van der Waals surface area contributed by atoms with Gasteiger partial charge in [0, 0.05) is 43.7 Å². The van der Waals surface area contributed by atoms with Crippen molar-refractivity contribution in [2.45, 2.75) is 55.9 Å². The van der Waals surface area contributed by atoms with Crippen molar-refractivity contribution >= 4 is 52.8 Å². The molecule has 1 amide bonds. The summed E-state index contributed by atoms with van der Waals surface area (Å²) in [4.78, 5) is 62.6. The van der Waals surface area contributed by atoms with Crippen LogP contribution < -0.4 is 10.3 Å². The van der Waals surface area contributed by atoms with Crippen molar-refractivity contribution in [3.63, 3.8) is 0 Å². The van der Waals surface area contributed by atoms with Crippen LogP contribution in [-0.2, 0) is 16.1 Å². The van der Waals surface area contributed by atoms with E-state index in [0.717, 1.165) is 6.07 Å². The minimum absolute atomic E-state index is 0.0834. The Morgan fingerprint density at radius 3 is 2.64 bits per heavy atom. The zero-order valence-electron chi connectivity index (χ0n) is 21.7. The van der Waals surface area contributed by atoms with Crippen molar-refractivity contribution in [1.82, 2.24) is 19.4 Å². The summed E-state index contributed by atoms with van der Waals surface area (Å²) in [5.41, 5.74) is -0.994. The lowest BCUT2D eigenvalue weighted by molar-refractivity contribution is -0.158. The van der Waals surface area contributed by atoms with E-state index in [-0.39, 0.29) is 28.1 Å². The number of thioether (sulfide) groups is 1. The largest absolute Gasteiger partial charge is 0.480 e. The number of aromatic nitrogens is 2. The summed E-state index contributed by atoms with van der Waals surface area (Å²) in [6, 6.07) is -0.469. The Morgan fingerprint density at radius 2 is 1.97 bits per heavy atom. The molecule has 0 spiro atoms. The number of aryl methyl sites for hydroxylation is 1. The molecule has 3 aliphatic rings. The van der Waals surface area contributed by atoms with E-state index in [1.54, 1.807) is 18.2 Å². The average molecular weight is 561 g/mol. The molecule has 0 aliphatic carbocycles. The number of hydrogen-bond donors (Lipinski definition) is 2. The molecule has 208 valence electrons. The van der Waals surface area contributed by atoms with E-state index in [2.05, 4.69) is 9.98 Å². The average Bonchev–Trinajstić information content (AvgIpc) is 2.98. The summed E-state index contributed by atoms with van der Waals surface area (Å²) in [7, 11) is 0. The highest BCUT2D eigenvalue weighted by molar-refractivity contribution is 8.01. The number of carbonyl (C=O) groups is 3. The van der Waals surface area contributed by atoms with Gasteiger partial charge in [-0.3, -0.25) is 14.6 Å². The minimum Gasteiger partial charge on any atom is -0.480 e. The van der Waals surface area contributed by atoms with Gasteiger partial charge in [0.05, 0.1) is 11.7 Å². The number of aliphatic carboxylic acids is 1. The van der Waals surface area contributed by atoms with E-state index in [9.17, 15) is 29.4 Å². The van der Waals surface area contributed by atoms with E-state index in [4.69, 9.17) is 0 Å². The summed E-state index contributed by atoms with van der Waals surface area (Å²) in [6.45, 7) is 7.75. The van der Waals surface area contributed by atoms with Crippen molar-refractivity contribution in [2.75, 3.05) is 31.1 Å². The molecule has 0 bridgehead atoms. The topological polar surface area (TPSA) is 149 Å². The van der Waals surface area contributed by atoms with Crippen molar-refractivity contribution in [3.05, 3.63) is 33.9 Å². The van der Waals surface area contributed by atoms with Crippen LogP contribution in [0.3, 0.4) is 0 Å². The Bertz CT molecular complexity index is 1460. The molecule has 3 fully saturated rings. The van der Waals surface area contributed by atoms with Crippen LogP contribution in [-0.4, -0.2) is 102 Å². The second kappa shape index (κ2) is 9.81. The number of amides is 1. The minimum atomic E-state index is -1.38. The molecule has 3 aliphatic heterocycles. The van der Waals surface area contributed by atoms with Crippen LogP contribution in [0.5, 0.6) is 0 Å². The molecule has 3 saturated heterocycles. The molecule has 3 atom stereocenters. The molecule has 2 aromatic rings. The number of carbonyl (C=O) groups excluding carboxylic acids is 1. The lowest BCUT2D eigenvalue weighted by Crippen LogP contribution is -2.65. The van der Waals surface area contributed by atoms with Gasteiger partial charge in [-0.25, -0.2) is 19.0 Å². The first-order chi connectivity index (χ1) is 18.4. The standard InChI is InChI=1S/C25H29FN6O6S/c1-4-30-11-14(23(35)36)17(33)13-10-15(26)20(28-19(13)30)31-7-5-6-29(8-9-31)12-27-16-21(34)32-18(24(37)38)25(2,3)39-22(16)32/h10-12,16,18,22H,4-9H2,1-3H3,(H,35,36)(H,37,38)/t16-,18+,22-/m0/s1. The quantitative estimate of drug-likeness (QED) is 0.301. The molecule has 2 N–H and O–H groups in total. The lowest BCUT2D eigenvalue weighted by Gasteiger charge is -2.41. The third kappa shape index (κ3) is 4.49. The number of fused-ring (bicyclic) bond motifs is 2. The number of halogens is 1. The highest BCUT2D eigenvalue weighted by Crippen LogP contribution is 2.51. The van der Waals surface area contributed by atoms with Gasteiger partial charge in [0.15, 0.2) is 17.7 Å². The second-order valence-electron chi connectivity index (χ2n) is 10.3. The van der Waals surface area contributed by atoms with E-state index in [0.29, 0.717) is 39.1 Å². The molecule has 2 aromatic heterocycles. The predicted molar refractivity (Wildman–Crippen MR) is 143 cm³/mol. The monoisotopic (exact) mass is 560 g/mol. The van der Waals surface area contributed by atoms with Gasteiger partial charge in [-0.15, -0.1) is 11.8 Å². The van der Waals surface area contributed by atoms with Gasteiger partial charge in [0.1, 0.15) is 22.6 Å². The third-order valence-corrected chi connectivity index (χ3v) is 8.98. The van der Waals surface area contributed by atoms with Crippen molar-refractivity contribution < 1.29 is 29.0 Å². The molecular weight excluding hydrogens is 531 g/mol. The van der Waals surface area contributed by atoms with E-state index in [1.807, 2.05) is 18.7 Å². The van der Waals surface area contributed by atoms with Gasteiger partial charge >= 0.3 is 11.9 Å². The molecule has 0 unspecified atom stereocenters. The number of aliphatic imine (C=N–C) groups is 1. The number of anilines is 1. The van der Waals surface area contributed by atoms with E-state index < -0.39 is 45.6 Å². The normalized spacial score (nSPS) is 24.7. The number of nitrogens with zero attached hydrogens (tertiary/aromatic N) is 6. The summed E-state index contributed by atoms with van der Waals surface area (Å²) in [6.07, 6.45) is 3.51. The SMILES string of the molecule is CCn1cc(C(=O)O)c(=O)c2cc(F)c(N3CCCN(C=N[C@H]4C(=O)N5[C@H]4SC(C)(C)[C@H]5C(=O)O)CC3)nc21. The molecule has 12 nitrogen and oxygen atoms in total. The van der Waals surface area contributed by atoms with Crippen LogP contribution in [0.25, 0.3) is 11.0 Å².